The number of aliphatic imine (C=N–C) groups is 1. The maximum atomic E-state index is 6.18. The Bertz CT molecular complexity index is 518. The molecule has 1 aliphatic heterocycles. The quantitative estimate of drug-likeness (QED) is 0.608. The molecule has 6 heteroatoms. The molecule has 1 heterocycles. The minimum Gasteiger partial charge on any atom is -0.381 e. The van der Waals surface area contributed by atoms with Crippen LogP contribution in [-0.4, -0.2) is 50.3 Å². The van der Waals surface area contributed by atoms with Crippen molar-refractivity contribution in [3.63, 3.8) is 0 Å². The molecule has 0 amide bonds. The molecule has 0 atom stereocenters. The largest absolute Gasteiger partial charge is 0.381 e. The first-order chi connectivity index (χ1) is 11.2. The third-order valence-electron chi connectivity index (χ3n) is 4.28. The Morgan fingerprint density at radius 1 is 1.30 bits per heavy atom. The molecule has 4 nitrogen and oxygen atoms in total. The lowest BCUT2D eigenvalue weighted by Gasteiger charge is -2.36. The van der Waals surface area contributed by atoms with Crippen LogP contribution in [0.4, 0.5) is 0 Å². The fraction of sp³-hybridized carbons (Fsp3) is 0.588. The lowest BCUT2D eigenvalue weighted by Crippen LogP contribution is -2.48. The van der Waals surface area contributed by atoms with Crippen LogP contribution in [0.25, 0.3) is 0 Å². The summed E-state index contributed by atoms with van der Waals surface area (Å²) in [7, 11) is 1.81. The molecule has 2 rings (SSSR count). The van der Waals surface area contributed by atoms with Crippen molar-refractivity contribution in [2.75, 3.05) is 39.6 Å². The van der Waals surface area contributed by atoms with Crippen LogP contribution in [0.3, 0.4) is 0 Å². The van der Waals surface area contributed by atoms with E-state index < -0.39 is 0 Å². The second kappa shape index (κ2) is 9.40. The monoisotopic (exact) mass is 355 g/mol. The van der Waals surface area contributed by atoms with Crippen molar-refractivity contribution in [3.05, 3.63) is 34.9 Å². The third kappa shape index (κ3) is 5.59. The van der Waals surface area contributed by atoms with Crippen molar-refractivity contribution >= 4 is 29.3 Å². The summed E-state index contributed by atoms with van der Waals surface area (Å²) in [5, 5.41) is 7.65. The zero-order valence-electron chi connectivity index (χ0n) is 13.9. The first-order valence-electron chi connectivity index (χ1n) is 8.00. The molecule has 0 spiro atoms. The van der Waals surface area contributed by atoms with E-state index in [1.165, 1.54) is 0 Å². The topological polar surface area (TPSA) is 45.7 Å². The molecule has 1 aromatic rings. The van der Waals surface area contributed by atoms with E-state index in [0.717, 1.165) is 62.1 Å². The molecular formula is C17H26ClN3OS. The summed E-state index contributed by atoms with van der Waals surface area (Å²) < 4.78 is 5.73. The van der Waals surface area contributed by atoms with Gasteiger partial charge in [-0.05, 0) is 37.1 Å². The van der Waals surface area contributed by atoms with Gasteiger partial charge in [0, 0.05) is 43.1 Å². The standard InChI is InChI=1S/C17H26ClN3OS/c1-19-16(20-10-7-14-5-3-4-6-15(14)18)21-13-17(23-2)8-11-22-12-9-17/h3-6H,7-13H2,1-2H3,(H2,19,20,21). The average molecular weight is 356 g/mol. The van der Waals surface area contributed by atoms with Gasteiger partial charge in [0.25, 0.3) is 0 Å². The molecule has 1 fully saturated rings. The summed E-state index contributed by atoms with van der Waals surface area (Å²) >= 11 is 8.11. The zero-order valence-corrected chi connectivity index (χ0v) is 15.5. The molecule has 2 N–H and O–H groups in total. The van der Waals surface area contributed by atoms with Gasteiger partial charge >= 0.3 is 0 Å². The number of hydrogen-bond acceptors (Lipinski definition) is 3. The Hall–Kier alpha value is -0.910. The van der Waals surface area contributed by atoms with E-state index in [1.807, 2.05) is 30.0 Å². The number of nitrogens with zero attached hydrogens (tertiary/aromatic N) is 1. The molecular weight excluding hydrogens is 330 g/mol. The Kier molecular flexibility index (Phi) is 7.53. The van der Waals surface area contributed by atoms with Crippen LogP contribution >= 0.6 is 23.4 Å². The SMILES string of the molecule is CN=C(NCCc1ccccc1Cl)NCC1(SC)CCOCC1. The molecule has 0 unspecified atom stereocenters. The Balaban J connectivity index is 1.78. The molecule has 0 aliphatic carbocycles. The minimum absolute atomic E-state index is 0.249. The predicted octanol–water partition coefficient (Wildman–Crippen LogP) is 2.96. The number of thioether (sulfide) groups is 1. The third-order valence-corrected chi connectivity index (χ3v) is 6.07. The summed E-state index contributed by atoms with van der Waals surface area (Å²) in [5.74, 6) is 0.844. The van der Waals surface area contributed by atoms with Crippen LogP contribution < -0.4 is 10.6 Å². The van der Waals surface area contributed by atoms with Gasteiger partial charge in [-0.1, -0.05) is 29.8 Å². The van der Waals surface area contributed by atoms with Gasteiger partial charge in [0.2, 0.25) is 0 Å². The number of rotatable bonds is 6. The molecule has 1 aromatic carbocycles. The second-order valence-electron chi connectivity index (χ2n) is 5.69. The fourth-order valence-corrected chi connectivity index (χ4v) is 3.70. The summed E-state index contributed by atoms with van der Waals surface area (Å²) in [5.41, 5.74) is 1.15. The molecule has 1 saturated heterocycles. The number of guanidine groups is 1. The highest BCUT2D eigenvalue weighted by Gasteiger charge is 2.31. The Labute approximate surface area is 148 Å². The number of hydrogen-bond donors (Lipinski definition) is 2. The zero-order chi connectivity index (χ0) is 16.5. The predicted molar refractivity (Wildman–Crippen MR) is 101 cm³/mol. The van der Waals surface area contributed by atoms with Gasteiger partial charge < -0.3 is 15.4 Å². The highest BCUT2D eigenvalue weighted by Crippen LogP contribution is 2.32. The smallest absolute Gasteiger partial charge is 0.191 e. The fourth-order valence-electron chi connectivity index (χ4n) is 2.68. The van der Waals surface area contributed by atoms with E-state index in [1.54, 1.807) is 7.05 Å². The van der Waals surface area contributed by atoms with E-state index in [2.05, 4.69) is 27.9 Å². The van der Waals surface area contributed by atoms with Crippen molar-refractivity contribution in [1.29, 1.82) is 0 Å². The van der Waals surface area contributed by atoms with Gasteiger partial charge in [-0.25, -0.2) is 0 Å². The summed E-state index contributed by atoms with van der Waals surface area (Å²) in [6, 6.07) is 7.96. The summed E-state index contributed by atoms with van der Waals surface area (Å²) in [6.07, 6.45) is 5.22. The number of halogens is 1. The van der Waals surface area contributed by atoms with Gasteiger partial charge in [0.1, 0.15) is 0 Å². The molecule has 128 valence electrons. The van der Waals surface area contributed by atoms with Gasteiger partial charge in [0.05, 0.1) is 0 Å². The summed E-state index contributed by atoms with van der Waals surface area (Å²) in [6.45, 7) is 3.41. The van der Waals surface area contributed by atoms with E-state index in [9.17, 15) is 0 Å². The number of nitrogens with one attached hydrogen (secondary N) is 2. The van der Waals surface area contributed by atoms with Crippen LogP contribution in [0.15, 0.2) is 29.3 Å². The van der Waals surface area contributed by atoms with E-state index in [4.69, 9.17) is 16.3 Å². The first kappa shape index (κ1) is 18.4. The molecule has 0 bridgehead atoms. The highest BCUT2D eigenvalue weighted by molar-refractivity contribution is 8.00. The van der Waals surface area contributed by atoms with Crippen molar-refractivity contribution in [2.24, 2.45) is 4.99 Å². The molecule has 0 saturated carbocycles. The van der Waals surface area contributed by atoms with Crippen LogP contribution in [-0.2, 0) is 11.2 Å². The summed E-state index contributed by atoms with van der Waals surface area (Å²) in [4.78, 5) is 4.31. The Morgan fingerprint density at radius 3 is 2.70 bits per heavy atom. The van der Waals surface area contributed by atoms with Gasteiger partial charge in [-0.15, -0.1) is 0 Å². The first-order valence-corrected chi connectivity index (χ1v) is 9.60. The van der Waals surface area contributed by atoms with Crippen molar-refractivity contribution in [1.82, 2.24) is 10.6 Å². The molecule has 0 aromatic heterocycles. The lowest BCUT2D eigenvalue weighted by atomic mass is 9.99. The van der Waals surface area contributed by atoms with Crippen LogP contribution in [0.2, 0.25) is 5.02 Å². The molecule has 1 aliphatic rings. The lowest BCUT2D eigenvalue weighted by molar-refractivity contribution is 0.0783. The maximum absolute atomic E-state index is 6.18. The molecule has 0 radical (unpaired) electrons. The van der Waals surface area contributed by atoms with Crippen LogP contribution in [0.5, 0.6) is 0 Å². The van der Waals surface area contributed by atoms with E-state index >= 15 is 0 Å². The van der Waals surface area contributed by atoms with E-state index in [0.29, 0.717) is 0 Å². The van der Waals surface area contributed by atoms with Crippen LogP contribution in [0.1, 0.15) is 18.4 Å². The normalized spacial score (nSPS) is 17.8. The Morgan fingerprint density at radius 2 is 2.04 bits per heavy atom. The van der Waals surface area contributed by atoms with Gasteiger partial charge in [-0.3, -0.25) is 4.99 Å². The maximum Gasteiger partial charge on any atom is 0.191 e. The van der Waals surface area contributed by atoms with Crippen molar-refractivity contribution in [3.8, 4) is 0 Å². The minimum atomic E-state index is 0.249. The second-order valence-corrected chi connectivity index (χ2v) is 7.37. The van der Waals surface area contributed by atoms with Crippen molar-refractivity contribution in [2.45, 2.75) is 24.0 Å². The highest BCUT2D eigenvalue weighted by atomic mass is 35.5. The van der Waals surface area contributed by atoms with Gasteiger partial charge in [0.15, 0.2) is 5.96 Å². The van der Waals surface area contributed by atoms with Gasteiger partial charge in [-0.2, -0.15) is 11.8 Å². The van der Waals surface area contributed by atoms with Crippen molar-refractivity contribution < 1.29 is 4.74 Å². The van der Waals surface area contributed by atoms with Crippen LogP contribution in [0, 0.1) is 0 Å². The number of benzene rings is 1. The van der Waals surface area contributed by atoms with E-state index in [-0.39, 0.29) is 4.75 Å². The molecule has 23 heavy (non-hydrogen) atoms. The average Bonchev–Trinajstić information content (AvgIpc) is 2.60. The number of ether oxygens (including phenoxy) is 1.